The van der Waals surface area contributed by atoms with E-state index >= 15 is 0 Å². The van der Waals surface area contributed by atoms with Crippen molar-refractivity contribution in [2.24, 2.45) is 0 Å². The summed E-state index contributed by atoms with van der Waals surface area (Å²) in [6, 6.07) is 17.9. The van der Waals surface area contributed by atoms with Gasteiger partial charge < -0.3 is 5.32 Å². The van der Waals surface area contributed by atoms with Crippen LogP contribution in [0.4, 0.5) is 5.69 Å². The van der Waals surface area contributed by atoms with Gasteiger partial charge in [-0.1, -0.05) is 23.9 Å². The number of hydrogen-bond acceptors (Lipinski definition) is 6. The van der Waals surface area contributed by atoms with E-state index < -0.39 is 0 Å². The second-order valence-electron chi connectivity index (χ2n) is 7.21. The molecule has 4 rings (SSSR count). The lowest BCUT2D eigenvalue weighted by Crippen LogP contribution is -2.14. The number of carbonyl (C=O) groups is 1. The Morgan fingerprint density at radius 2 is 1.81 bits per heavy atom. The van der Waals surface area contributed by atoms with E-state index in [1.54, 1.807) is 24.2 Å². The van der Waals surface area contributed by atoms with Crippen molar-refractivity contribution in [2.45, 2.75) is 23.9 Å². The first-order chi connectivity index (χ1) is 15.5. The lowest BCUT2D eigenvalue weighted by Gasteiger charge is -2.12. The van der Waals surface area contributed by atoms with Gasteiger partial charge in [0.1, 0.15) is 0 Å². The van der Waals surface area contributed by atoms with Crippen LogP contribution in [-0.2, 0) is 4.79 Å². The SMILES string of the molecule is CSc1cccc(NC(=O)CSc2nnc(-c3ccncc3)n2-c2ccc(C)c(C)c2)c1. The van der Waals surface area contributed by atoms with Crippen LogP contribution >= 0.6 is 23.5 Å². The minimum atomic E-state index is -0.0895. The molecule has 0 aliphatic carbocycles. The third kappa shape index (κ3) is 5.03. The van der Waals surface area contributed by atoms with Gasteiger partial charge in [-0.25, -0.2) is 0 Å². The lowest BCUT2D eigenvalue weighted by atomic mass is 10.1. The first kappa shape index (κ1) is 22.1. The van der Waals surface area contributed by atoms with E-state index in [-0.39, 0.29) is 11.7 Å². The topological polar surface area (TPSA) is 72.7 Å². The van der Waals surface area contributed by atoms with E-state index in [1.807, 2.05) is 47.2 Å². The highest BCUT2D eigenvalue weighted by atomic mass is 32.2. The predicted octanol–water partition coefficient (Wildman–Crippen LogP) is 5.40. The fraction of sp³-hybridized carbons (Fsp3) is 0.167. The molecule has 1 amide bonds. The molecular weight excluding hydrogens is 438 g/mol. The highest BCUT2D eigenvalue weighted by Gasteiger charge is 2.18. The maximum absolute atomic E-state index is 12.6. The van der Waals surface area contributed by atoms with Gasteiger partial charge in [0, 0.05) is 28.5 Å². The van der Waals surface area contributed by atoms with E-state index in [9.17, 15) is 4.79 Å². The molecule has 32 heavy (non-hydrogen) atoms. The van der Waals surface area contributed by atoms with Crippen molar-refractivity contribution < 1.29 is 4.79 Å². The number of amides is 1. The zero-order chi connectivity index (χ0) is 22.5. The molecule has 0 unspecified atom stereocenters. The monoisotopic (exact) mass is 461 g/mol. The Morgan fingerprint density at radius 1 is 1.00 bits per heavy atom. The molecule has 0 bridgehead atoms. The molecule has 2 aromatic heterocycles. The number of nitrogens with one attached hydrogen (secondary N) is 1. The van der Waals surface area contributed by atoms with Crippen molar-refractivity contribution in [1.82, 2.24) is 19.7 Å². The normalized spacial score (nSPS) is 10.8. The number of aryl methyl sites for hydroxylation is 2. The van der Waals surface area contributed by atoms with E-state index in [0.717, 1.165) is 21.8 Å². The van der Waals surface area contributed by atoms with Crippen molar-refractivity contribution in [1.29, 1.82) is 0 Å². The second-order valence-corrected chi connectivity index (χ2v) is 9.04. The molecule has 0 radical (unpaired) electrons. The van der Waals surface area contributed by atoms with Gasteiger partial charge in [-0.15, -0.1) is 22.0 Å². The Morgan fingerprint density at radius 3 is 2.56 bits per heavy atom. The Balaban J connectivity index is 1.60. The van der Waals surface area contributed by atoms with Gasteiger partial charge in [0.25, 0.3) is 0 Å². The molecule has 0 saturated carbocycles. The van der Waals surface area contributed by atoms with Crippen LogP contribution in [0.5, 0.6) is 0 Å². The number of aromatic nitrogens is 4. The van der Waals surface area contributed by atoms with Crippen molar-refractivity contribution in [3.8, 4) is 17.1 Å². The number of anilines is 1. The van der Waals surface area contributed by atoms with Crippen LogP contribution in [0.15, 0.2) is 77.0 Å². The van der Waals surface area contributed by atoms with Gasteiger partial charge >= 0.3 is 0 Å². The molecule has 2 aromatic carbocycles. The molecule has 4 aromatic rings. The average molecular weight is 462 g/mol. The molecule has 2 heterocycles. The van der Waals surface area contributed by atoms with Gasteiger partial charge in [0.2, 0.25) is 5.91 Å². The Bertz CT molecular complexity index is 1240. The average Bonchev–Trinajstić information content (AvgIpc) is 3.24. The molecule has 1 N–H and O–H groups in total. The summed E-state index contributed by atoms with van der Waals surface area (Å²) in [5, 5.41) is 12.5. The van der Waals surface area contributed by atoms with E-state index in [0.29, 0.717) is 11.0 Å². The molecule has 0 aliphatic heterocycles. The van der Waals surface area contributed by atoms with Crippen molar-refractivity contribution in [3.05, 3.63) is 78.1 Å². The van der Waals surface area contributed by atoms with Crippen LogP contribution in [0.25, 0.3) is 17.1 Å². The summed E-state index contributed by atoms with van der Waals surface area (Å²) in [5.74, 6) is 0.850. The van der Waals surface area contributed by atoms with Gasteiger partial charge in [0.05, 0.1) is 11.4 Å². The largest absolute Gasteiger partial charge is 0.325 e. The molecule has 6 nitrogen and oxygen atoms in total. The summed E-state index contributed by atoms with van der Waals surface area (Å²) in [4.78, 5) is 17.8. The minimum Gasteiger partial charge on any atom is -0.325 e. The van der Waals surface area contributed by atoms with E-state index in [4.69, 9.17) is 0 Å². The highest BCUT2D eigenvalue weighted by Crippen LogP contribution is 2.29. The fourth-order valence-electron chi connectivity index (χ4n) is 3.18. The first-order valence-corrected chi connectivity index (χ1v) is 12.3. The Labute approximate surface area is 195 Å². The third-order valence-electron chi connectivity index (χ3n) is 5.01. The van der Waals surface area contributed by atoms with E-state index in [2.05, 4.69) is 52.5 Å². The zero-order valence-electron chi connectivity index (χ0n) is 18.1. The fourth-order valence-corrected chi connectivity index (χ4v) is 4.39. The number of carbonyl (C=O) groups excluding carboxylic acids is 1. The standard InChI is InChI=1S/C24H23N5OS2/c1-16-7-8-20(13-17(16)2)29-23(18-9-11-25-12-10-18)27-28-24(29)32-15-22(30)26-19-5-4-6-21(14-19)31-3/h4-14H,15H2,1-3H3,(H,26,30). The van der Waals surface area contributed by atoms with Crippen LogP contribution in [0, 0.1) is 13.8 Å². The maximum Gasteiger partial charge on any atom is 0.234 e. The predicted molar refractivity (Wildman–Crippen MR) is 132 cm³/mol. The number of pyridine rings is 1. The van der Waals surface area contributed by atoms with Gasteiger partial charge in [-0.2, -0.15) is 0 Å². The minimum absolute atomic E-state index is 0.0895. The molecule has 0 atom stereocenters. The third-order valence-corrected chi connectivity index (χ3v) is 6.66. The van der Waals surface area contributed by atoms with Crippen molar-refractivity contribution in [2.75, 3.05) is 17.3 Å². The van der Waals surface area contributed by atoms with Crippen LogP contribution < -0.4 is 5.32 Å². The van der Waals surface area contributed by atoms with Crippen LogP contribution in [-0.4, -0.2) is 37.7 Å². The number of rotatable bonds is 7. The molecule has 0 fully saturated rings. The summed E-state index contributed by atoms with van der Waals surface area (Å²) < 4.78 is 1.99. The second kappa shape index (κ2) is 10.0. The van der Waals surface area contributed by atoms with Crippen LogP contribution in [0.2, 0.25) is 0 Å². The van der Waals surface area contributed by atoms with Crippen LogP contribution in [0.1, 0.15) is 11.1 Å². The number of hydrogen-bond donors (Lipinski definition) is 1. The Kier molecular flexibility index (Phi) is 6.92. The Hall–Kier alpha value is -3.10. The van der Waals surface area contributed by atoms with E-state index in [1.165, 1.54) is 22.9 Å². The van der Waals surface area contributed by atoms with Gasteiger partial charge in [0.15, 0.2) is 11.0 Å². The molecular formula is C24H23N5OS2. The first-order valence-electron chi connectivity index (χ1n) is 10.1. The summed E-state index contributed by atoms with van der Waals surface area (Å²) in [6.07, 6.45) is 5.48. The maximum atomic E-state index is 12.6. The molecule has 0 spiro atoms. The number of benzene rings is 2. The number of nitrogens with zero attached hydrogens (tertiary/aromatic N) is 4. The zero-order valence-corrected chi connectivity index (χ0v) is 19.7. The number of thioether (sulfide) groups is 2. The molecule has 162 valence electrons. The van der Waals surface area contributed by atoms with Crippen molar-refractivity contribution >= 4 is 35.1 Å². The molecule has 0 saturated heterocycles. The summed E-state index contributed by atoms with van der Waals surface area (Å²) in [6.45, 7) is 4.17. The highest BCUT2D eigenvalue weighted by molar-refractivity contribution is 7.99. The quantitative estimate of drug-likeness (QED) is 0.372. The van der Waals surface area contributed by atoms with Crippen molar-refractivity contribution in [3.63, 3.8) is 0 Å². The lowest BCUT2D eigenvalue weighted by molar-refractivity contribution is -0.113. The molecule has 0 aliphatic rings. The summed E-state index contributed by atoms with van der Waals surface area (Å²) >= 11 is 3.00. The molecule has 8 heteroatoms. The van der Waals surface area contributed by atoms with Gasteiger partial charge in [-0.3, -0.25) is 14.3 Å². The smallest absolute Gasteiger partial charge is 0.234 e. The van der Waals surface area contributed by atoms with Crippen LogP contribution in [0.3, 0.4) is 0 Å². The van der Waals surface area contributed by atoms with Gasteiger partial charge in [-0.05, 0) is 73.7 Å². The summed E-state index contributed by atoms with van der Waals surface area (Å²) in [7, 11) is 0. The summed E-state index contributed by atoms with van der Waals surface area (Å²) in [5.41, 5.74) is 5.06.